The van der Waals surface area contributed by atoms with Crippen molar-refractivity contribution >= 4 is 17.8 Å². The summed E-state index contributed by atoms with van der Waals surface area (Å²) in [5.41, 5.74) is 8.21. The van der Waals surface area contributed by atoms with Gasteiger partial charge in [-0.2, -0.15) is 0 Å². The van der Waals surface area contributed by atoms with Gasteiger partial charge in [-0.15, -0.1) is 10.2 Å². The van der Waals surface area contributed by atoms with Crippen LogP contribution in [-0.2, 0) is 43.5 Å². The quantitative estimate of drug-likeness (QED) is 0.0339. The monoisotopic (exact) mass is 1210 g/mol. The molecule has 0 saturated heterocycles. The van der Waals surface area contributed by atoms with Gasteiger partial charge in [-0.25, -0.2) is 5.84 Å². The van der Waals surface area contributed by atoms with Crippen molar-refractivity contribution < 1.29 is 24.9 Å². The van der Waals surface area contributed by atoms with Crippen LogP contribution in [0.1, 0.15) is 134 Å². The number of hydrogen-bond acceptors (Lipinski definition) is 9. The molecule has 12 rings (SSSR count). The molecule has 90 heavy (non-hydrogen) atoms. The van der Waals surface area contributed by atoms with Gasteiger partial charge in [0.05, 0.1) is 7.11 Å². The van der Waals surface area contributed by atoms with Crippen LogP contribution in [0.4, 0.5) is 0 Å². The minimum absolute atomic E-state index is 0. The van der Waals surface area contributed by atoms with Crippen LogP contribution >= 0.6 is 0 Å². The fourth-order valence-corrected chi connectivity index (χ4v) is 12.1. The van der Waals surface area contributed by atoms with Gasteiger partial charge in [-0.3, -0.25) is 31.7 Å². The minimum Gasteiger partial charge on any atom is -0.484 e. The Kier molecular flexibility index (Phi) is 28.9. The first-order valence-corrected chi connectivity index (χ1v) is 30.0. The van der Waals surface area contributed by atoms with Gasteiger partial charge in [0, 0.05) is 25.9 Å². The van der Waals surface area contributed by atoms with Crippen LogP contribution in [-0.4, -0.2) is 56.8 Å². The molecule has 0 radical (unpaired) electrons. The van der Waals surface area contributed by atoms with E-state index in [1.807, 2.05) is 182 Å². The zero-order valence-corrected chi connectivity index (χ0v) is 50.2. The Bertz CT molecular complexity index is 3330. The fraction of sp³-hybridized carbons (Fsp3) is 0.234. The lowest BCUT2D eigenvalue weighted by atomic mass is 9.68. The van der Waals surface area contributed by atoms with Gasteiger partial charge >= 0.3 is 5.97 Å². The molecule has 10 N–H and O–H groups in total. The molecular formula is C77H90N8O5. The number of benzene rings is 9. The average Bonchev–Trinajstić information content (AvgIpc) is 1.27. The number of carboxylic acid groups (broad SMARTS) is 1. The van der Waals surface area contributed by atoms with Crippen LogP contribution in [0.15, 0.2) is 278 Å². The number of nitrogens with zero attached hydrogens (tertiary/aromatic N) is 4. The van der Waals surface area contributed by atoms with E-state index in [2.05, 4.69) is 118 Å². The zero-order chi connectivity index (χ0) is 61.0. The third-order valence-corrected chi connectivity index (χ3v) is 16.2. The van der Waals surface area contributed by atoms with Gasteiger partial charge in [-0.05, 0) is 75.8 Å². The predicted molar refractivity (Wildman–Crippen MR) is 367 cm³/mol. The van der Waals surface area contributed by atoms with Crippen LogP contribution in [0, 0.1) is 0 Å². The maximum atomic E-state index is 13.0. The Labute approximate surface area is 533 Å². The number of carbonyl (C=O) groups is 2. The Balaban J connectivity index is 0.000000224. The standard InChI is InChI=1S/C27H27N3.C20H18N2O.C20H16O2.C8H15NO.2CH4.H4N2.H2O/c1-2-13-21-30-25(20-12-1)28-29-26(30)27(22-14-6-3-7-15-22,23-16-8-4-9-17-23)24-18-10-5-11-19-24;21-22-19(23)20(16-10-4-1-5-11-16,17-12-6-2-7-13-17)18-14-8-3-9-15-18;21-19(22)20(16-10-4-1-5-11-16,17-12-6-2-7-13-17)18-14-8-3-9-15-18;1-10-8-6-4-2-3-5-7-9-8;;;1-2;/h3-11,14-19H,1-2,12-13,20-21H2;1-15H,21H2,(H,22,23);1-15H,(H,21,22);2-7H2,1H3;2*1H4;1-2H2;1H2. The molecule has 1 amide bonds. The first kappa shape index (κ1) is 71.1. The predicted octanol–water partition coefficient (Wildman–Crippen LogP) is 14.2. The second-order valence-corrected chi connectivity index (χ2v) is 21.2. The number of nitrogens with one attached hydrogen (secondary N) is 1. The molecule has 0 saturated carbocycles. The van der Waals surface area contributed by atoms with E-state index in [0.717, 1.165) is 76.9 Å². The van der Waals surface area contributed by atoms with Crippen molar-refractivity contribution in [2.24, 2.45) is 22.5 Å². The van der Waals surface area contributed by atoms with Gasteiger partial charge in [0.2, 0.25) is 0 Å². The van der Waals surface area contributed by atoms with Gasteiger partial charge in [0.1, 0.15) is 22.1 Å². The first-order valence-electron chi connectivity index (χ1n) is 30.0. The molecule has 0 fully saturated rings. The summed E-state index contributed by atoms with van der Waals surface area (Å²) in [5.74, 6) is 15.5. The van der Waals surface area contributed by atoms with Crippen LogP contribution < -0.4 is 23.0 Å². The molecule has 2 aliphatic heterocycles. The van der Waals surface area contributed by atoms with Crippen LogP contribution in [0.5, 0.6) is 0 Å². The topological polar surface area (TPSA) is 228 Å². The summed E-state index contributed by atoms with van der Waals surface area (Å²) in [6.45, 7) is 1.94. The molecule has 0 bridgehead atoms. The number of aliphatic carboxylic acids is 1. The number of carboxylic acids is 1. The second-order valence-electron chi connectivity index (χ2n) is 21.2. The van der Waals surface area contributed by atoms with Gasteiger partial charge < -0.3 is 19.9 Å². The average molecular weight is 1210 g/mol. The summed E-state index contributed by atoms with van der Waals surface area (Å²) in [6.07, 6.45) is 12.1. The second kappa shape index (κ2) is 36.6. The Morgan fingerprint density at radius 1 is 0.433 bits per heavy atom. The Morgan fingerprint density at radius 2 is 0.733 bits per heavy atom. The van der Waals surface area contributed by atoms with E-state index in [4.69, 9.17) is 20.8 Å². The van der Waals surface area contributed by atoms with Crippen LogP contribution in [0.25, 0.3) is 0 Å². The summed E-state index contributed by atoms with van der Waals surface area (Å²) in [7, 11) is 1.71. The van der Waals surface area contributed by atoms with E-state index in [1.54, 1.807) is 7.11 Å². The number of fused-ring (bicyclic) bond motifs is 1. The molecular weight excluding hydrogens is 1120 g/mol. The number of hydrogen-bond donors (Lipinski definition) is 5. The minimum atomic E-state index is -1.20. The highest BCUT2D eigenvalue weighted by atomic mass is 16.5. The molecule has 3 heterocycles. The zero-order valence-electron chi connectivity index (χ0n) is 50.2. The number of ether oxygens (including phenoxy) is 1. The molecule has 0 spiro atoms. The molecule has 10 aromatic rings. The van der Waals surface area contributed by atoms with E-state index in [0.29, 0.717) is 0 Å². The maximum Gasteiger partial charge on any atom is 0.323 e. The third-order valence-electron chi connectivity index (χ3n) is 16.2. The van der Waals surface area contributed by atoms with Crippen molar-refractivity contribution in [1.82, 2.24) is 20.2 Å². The summed E-state index contributed by atoms with van der Waals surface area (Å²) in [6, 6.07) is 89.6. The van der Waals surface area contributed by atoms with E-state index < -0.39 is 22.2 Å². The van der Waals surface area contributed by atoms with E-state index in [1.165, 1.54) is 68.1 Å². The molecule has 0 aliphatic carbocycles. The number of methoxy groups -OCH3 is 1. The molecule has 468 valence electrons. The van der Waals surface area contributed by atoms with Crippen molar-refractivity contribution in [2.75, 3.05) is 13.7 Å². The number of hydrazine groups is 2. The Morgan fingerprint density at radius 3 is 1.06 bits per heavy atom. The fourth-order valence-electron chi connectivity index (χ4n) is 12.1. The molecule has 13 nitrogen and oxygen atoms in total. The highest BCUT2D eigenvalue weighted by molar-refractivity contribution is 5.96. The van der Waals surface area contributed by atoms with Crippen molar-refractivity contribution in [3.8, 4) is 0 Å². The SMILES string of the molecule is C.C.COC1=NCCCCCC1.NN.NNC(=O)C(c1ccccc1)(c1ccccc1)c1ccccc1.O.O=C(O)C(c1ccccc1)(c1ccccc1)c1ccccc1.c1ccc(C(c2ccccc2)(c2ccccc2)c2nnc3n2CCCCCC3)cc1. The summed E-state index contributed by atoms with van der Waals surface area (Å²) >= 11 is 0. The number of aliphatic imine (C=N–C) groups is 1. The van der Waals surface area contributed by atoms with E-state index in [-0.39, 0.29) is 26.2 Å². The molecule has 0 atom stereocenters. The highest BCUT2D eigenvalue weighted by Crippen LogP contribution is 2.45. The van der Waals surface area contributed by atoms with Crippen molar-refractivity contribution in [3.63, 3.8) is 0 Å². The van der Waals surface area contributed by atoms with Crippen molar-refractivity contribution in [2.45, 2.75) is 102 Å². The maximum absolute atomic E-state index is 13.0. The largest absolute Gasteiger partial charge is 0.484 e. The van der Waals surface area contributed by atoms with Gasteiger partial charge in [0.25, 0.3) is 5.91 Å². The first-order chi connectivity index (χ1) is 42.9. The number of rotatable bonds is 12. The summed E-state index contributed by atoms with van der Waals surface area (Å²) < 4.78 is 7.49. The van der Waals surface area contributed by atoms with Gasteiger partial charge in [0.15, 0.2) is 11.7 Å². The number of amides is 1. The molecule has 13 heteroatoms. The molecule has 9 aromatic carbocycles. The Hall–Kier alpha value is -9.63. The number of carbonyl (C=O) groups excluding carboxylic acids is 1. The van der Waals surface area contributed by atoms with E-state index >= 15 is 0 Å². The van der Waals surface area contributed by atoms with Crippen molar-refractivity contribution in [3.05, 3.63) is 335 Å². The number of nitrogens with two attached hydrogens (primary N) is 3. The molecule has 2 aliphatic rings. The molecule has 0 unspecified atom stereocenters. The van der Waals surface area contributed by atoms with Crippen LogP contribution in [0.3, 0.4) is 0 Å². The number of aromatic nitrogens is 3. The molecule has 1 aromatic heterocycles. The summed E-state index contributed by atoms with van der Waals surface area (Å²) in [5, 5.41) is 19.8. The lowest BCUT2D eigenvalue weighted by Crippen LogP contribution is -2.48. The normalized spacial score (nSPS) is 12.7. The van der Waals surface area contributed by atoms with Gasteiger partial charge in [-0.1, -0.05) is 314 Å². The summed E-state index contributed by atoms with van der Waals surface area (Å²) in [4.78, 5) is 29.7. The smallest absolute Gasteiger partial charge is 0.323 e. The lowest BCUT2D eigenvalue weighted by Gasteiger charge is -2.35. The van der Waals surface area contributed by atoms with Crippen LogP contribution in [0.2, 0.25) is 0 Å². The number of aryl methyl sites for hydroxylation is 1. The van der Waals surface area contributed by atoms with Crippen molar-refractivity contribution in [1.29, 1.82) is 0 Å². The van der Waals surface area contributed by atoms with E-state index in [9.17, 15) is 14.7 Å². The third kappa shape index (κ3) is 16.2. The lowest BCUT2D eigenvalue weighted by molar-refractivity contribution is -0.140. The highest BCUT2D eigenvalue weighted by Gasteiger charge is 2.46.